The van der Waals surface area contributed by atoms with Gasteiger partial charge in [0.1, 0.15) is 0 Å². The van der Waals surface area contributed by atoms with E-state index in [0.29, 0.717) is 19.5 Å². The maximum Gasteiger partial charge on any atom is 0.416 e. The van der Waals surface area contributed by atoms with Gasteiger partial charge in [-0.05, 0) is 37.6 Å². The third-order valence-corrected chi connectivity index (χ3v) is 4.81. The zero-order chi connectivity index (χ0) is 20.8. The van der Waals surface area contributed by atoms with Gasteiger partial charge in [-0.3, -0.25) is 9.69 Å². The van der Waals surface area contributed by atoms with Gasteiger partial charge in [-0.1, -0.05) is 17.9 Å². The van der Waals surface area contributed by atoms with E-state index < -0.39 is 21.8 Å². The highest BCUT2D eigenvalue weighted by Crippen LogP contribution is 2.29. The van der Waals surface area contributed by atoms with Crippen LogP contribution in [0.3, 0.4) is 0 Å². The molecule has 0 aromatic heterocycles. The Kier molecular flexibility index (Phi) is 7.46. The summed E-state index contributed by atoms with van der Waals surface area (Å²) in [4.78, 5) is 13.8. The van der Waals surface area contributed by atoms with E-state index in [1.807, 2.05) is 4.90 Å². The Balaban J connectivity index is 1.80. The molecule has 6 nitrogen and oxygen atoms in total. The summed E-state index contributed by atoms with van der Waals surface area (Å²) in [7, 11) is -3.30. The number of alkyl halides is 3. The molecule has 1 fully saturated rings. The third kappa shape index (κ3) is 7.88. The molecule has 2 N–H and O–H groups in total. The molecule has 154 valence electrons. The van der Waals surface area contributed by atoms with Gasteiger partial charge in [-0.15, -0.1) is 0 Å². The number of rotatable bonds is 5. The van der Waals surface area contributed by atoms with Crippen LogP contribution in [0, 0.1) is 11.8 Å². The highest BCUT2D eigenvalue weighted by Gasteiger charge is 2.30. The molecule has 1 aromatic carbocycles. The minimum Gasteiger partial charge on any atom is -0.344 e. The first-order valence-electron chi connectivity index (χ1n) is 8.65. The van der Waals surface area contributed by atoms with Gasteiger partial charge in [0.05, 0.1) is 24.9 Å². The number of nitrogens with zero attached hydrogens (tertiary/aromatic N) is 1. The second-order valence-corrected chi connectivity index (χ2v) is 8.40. The normalized spacial score (nSPS) is 18.2. The van der Waals surface area contributed by atoms with Crippen LogP contribution in [0.1, 0.15) is 24.0 Å². The Morgan fingerprint density at radius 3 is 2.79 bits per heavy atom. The summed E-state index contributed by atoms with van der Waals surface area (Å²) >= 11 is 0. The van der Waals surface area contributed by atoms with Crippen LogP contribution in [-0.4, -0.2) is 57.7 Å². The van der Waals surface area contributed by atoms with Gasteiger partial charge in [-0.25, -0.2) is 13.1 Å². The Morgan fingerprint density at radius 1 is 1.36 bits per heavy atom. The lowest BCUT2D eigenvalue weighted by Crippen LogP contribution is -2.49. The first kappa shape index (κ1) is 22.2. The molecule has 2 rings (SSSR count). The molecule has 0 spiro atoms. The van der Waals surface area contributed by atoms with Crippen molar-refractivity contribution in [2.75, 3.05) is 32.4 Å². The molecule has 1 aliphatic rings. The largest absolute Gasteiger partial charge is 0.416 e. The molecule has 1 aromatic rings. The molecule has 1 amide bonds. The van der Waals surface area contributed by atoms with Crippen molar-refractivity contribution in [2.24, 2.45) is 0 Å². The first-order valence-corrected chi connectivity index (χ1v) is 10.5. The Labute approximate surface area is 162 Å². The fourth-order valence-corrected chi connectivity index (χ4v) is 3.72. The summed E-state index contributed by atoms with van der Waals surface area (Å²) in [5.41, 5.74) is -0.555. The number of piperidine rings is 1. The number of benzene rings is 1. The van der Waals surface area contributed by atoms with Crippen LogP contribution < -0.4 is 10.0 Å². The van der Waals surface area contributed by atoms with Crippen molar-refractivity contribution < 1.29 is 26.4 Å². The summed E-state index contributed by atoms with van der Waals surface area (Å²) in [6, 6.07) is 4.45. The maximum atomic E-state index is 12.7. The van der Waals surface area contributed by atoms with E-state index in [-0.39, 0.29) is 30.6 Å². The molecule has 1 heterocycles. The fraction of sp³-hybridized carbons (Fsp3) is 0.500. The van der Waals surface area contributed by atoms with Crippen molar-refractivity contribution in [3.63, 3.8) is 0 Å². The molecule has 1 saturated heterocycles. The smallest absolute Gasteiger partial charge is 0.344 e. The van der Waals surface area contributed by atoms with E-state index in [2.05, 4.69) is 21.9 Å². The van der Waals surface area contributed by atoms with Gasteiger partial charge in [0.2, 0.25) is 15.9 Å². The zero-order valence-corrected chi connectivity index (χ0v) is 16.2. The summed E-state index contributed by atoms with van der Waals surface area (Å²) in [5, 5.41) is 2.59. The summed E-state index contributed by atoms with van der Waals surface area (Å²) in [5.74, 6) is 4.94. The Morgan fingerprint density at radius 2 is 2.11 bits per heavy atom. The second kappa shape index (κ2) is 9.41. The van der Waals surface area contributed by atoms with E-state index in [0.717, 1.165) is 24.8 Å². The van der Waals surface area contributed by atoms with E-state index in [1.165, 1.54) is 12.1 Å². The van der Waals surface area contributed by atoms with Crippen LogP contribution in [0.25, 0.3) is 0 Å². The number of hydrogen-bond donors (Lipinski definition) is 2. The van der Waals surface area contributed by atoms with Gasteiger partial charge in [0, 0.05) is 18.2 Å². The van der Waals surface area contributed by atoms with E-state index in [1.54, 1.807) is 0 Å². The highest BCUT2D eigenvalue weighted by atomic mass is 32.2. The predicted octanol–water partition coefficient (Wildman–Crippen LogP) is 1.19. The van der Waals surface area contributed by atoms with Gasteiger partial charge < -0.3 is 5.32 Å². The number of amides is 1. The number of nitrogens with one attached hydrogen (secondary N) is 2. The van der Waals surface area contributed by atoms with Crippen molar-refractivity contribution in [3.8, 4) is 11.8 Å². The minimum atomic E-state index is -4.43. The average Bonchev–Trinajstić information content (AvgIpc) is 2.57. The third-order valence-electron chi connectivity index (χ3n) is 4.05. The zero-order valence-electron chi connectivity index (χ0n) is 15.3. The second-order valence-electron chi connectivity index (χ2n) is 6.62. The van der Waals surface area contributed by atoms with Crippen molar-refractivity contribution >= 4 is 15.9 Å². The molecular formula is C18H22F3N3O3S. The summed E-state index contributed by atoms with van der Waals surface area (Å²) in [6.45, 7) is 1.24. The molecule has 0 saturated carbocycles. The van der Waals surface area contributed by atoms with Crippen molar-refractivity contribution in [1.82, 2.24) is 14.9 Å². The van der Waals surface area contributed by atoms with Gasteiger partial charge in [-0.2, -0.15) is 13.2 Å². The summed E-state index contributed by atoms with van der Waals surface area (Å²) in [6.07, 6.45) is -1.84. The van der Waals surface area contributed by atoms with Crippen LogP contribution >= 0.6 is 0 Å². The molecule has 0 radical (unpaired) electrons. The first-order chi connectivity index (χ1) is 13.0. The number of halogens is 3. The standard InChI is InChI=1S/C18H22F3N3O3S/c1-28(26,27)23-16-8-4-10-24(12-16)13-17(25)22-9-3-6-14-5-2-7-15(11-14)18(19,20)21/h2,5,7,11,16,23H,4,8-10,12-13H2,1H3,(H,22,25). The number of hydrogen-bond acceptors (Lipinski definition) is 4. The van der Waals surface area contributed by atoms with E-state index in [9.17, 15) is 26.4 Å². The van der Waals surface area contributed by atoms with Crippen molar-refractivity contribution in [2.45, 2.75) is 25.1 Å². The minimum absolute atomic E-state index is 0.00787. The molecule has 28 heavy (non-hydrogen) atoms. The number of sulfonamides is 1. The molecule has 10 heteroatoms. The lowest BCUT2D eigenvalue weighted by molar-refractivity contribution is -0.137. The molecular weight excluding hydrogens is 395 g/mol. The average molecular weight is 417 g/mol. The molecule has 0 bridgehead atoms. The predicted molar refractivity (Wildman–Crippen MR) is 98.8 cm³/mol. The van der Waals surface area contributed by atoms with Crippen LogP contribution in [-0.2, 0) is 21.0 Å². The quantitative estimate of drug-likeness (QED) is 0.706. The molecule has 1 unspecified atom stereocenters. The van der Waals surface area contributed by atoms with Crippen LogP contribution in [0.15, 0.2) is 24.3 Å². The lowest BCUT2D eigenvalue weighted by atomic mass is 10.1. The highest BCUT2D eigenvalue weighted by molar-refractivity contribution is 7.88. The van der Waals surface area contributed by atoms with Gasteiger partial charge >= 0.3 is 6.18 Å². The monoisotopic (exact) mass is 417 g/mol. The SMILES string of the molecule is CS(=O)(=O)NC1CCCN(CC(=O)NCC#Cc2cccc(C(F)(F)F)c2)C1. The van der Waals surface area contributed by atoms with Crippen LogP contribution in [0.2, 0.25) is 0 Å². The van der Waals surface area contributed by atoms with Crippen LogP contribution in [0.5, 0.6) is 0 Å². The van der Waals surface area contributed by atoms with Crippen molar-refractivity contribution in [3.05, 3.63) is 35.4 Å². The van der Waals surface area contributed by atoms with Gasteiger partial charge in [0.15, 0.2) is 0 Å². The Hall–Kier alpha value is -2.09. The number of carbonyl (C=O) groups excluding carboxylic acids is 1. The lowest BCUT2D eigenvalue weighted by Gasteiger charge is -2.32. The summed E-state index contributed by atoms with van der Waals surface area (Å²) < 4.78 is 63.1. The molecule has 1 atom stereocenters. The van der Waals surface area contributed by atoms with Gasteiger partial charge in [0.25, 0.3) is 0 Å². The van der Waals surface area contributed by atoms with E-state index in [4.69, 9.17) is 0 Å². The van der Waals surface area contributed by atoms with Crippen LogP contribution in [0.4, 0.5) is 13.2 Å². The molecule has 1 aliphatic heterocycles. The fourth-order valence-electron chi connectivity index (χ4n) is 2.92. The topological polar surface area (TPSA) is 78.5 Å². The number of carbonyl (C=O) groups is 1. The maximum absolute atomic E-state index is 12.7. The van der Waals surface area contributed by atoms with Crippen molar-refractivity contribution in [1.29, 1.82) is 0 Å². The Bertz CT molecular complexity index is 860. The number of likely N-dealkylation sites (tertiary alicyclic amines) is 1. The van der Waals surface area contributed by atoms with E-state index >= 15 is 0 Å². The molecule has 0 aliphatic carbocycles.